The first-order chi connectivity index (χ1) is 28.6. The third kappa shape index (κ3) is 3.93. The Morgan fingerprint density at radius 1 is 0.431 bits per heavy atom. The highest BCUT2D eigenvalue weighted by Gasteiger charge is 2.55. The van der Waals surface area contributed by atoms with Crippen molar-refractivity contribution >= 4 is 68.4 Å². The van der Waals surface area contributed by atoms with Gasteiger partial charge >= 0.3 is 0 Å². The molecule has 272 valence electrons. The topological polar surface area (TPSA) is 3.24 Å². The summed E-state index contributed by atoms with van der Waals surface area (Å²) in [4.78, 5) is 5.25. The molecule has 9 aromatic rings. The van der Waals surface area contributed by atoms with E-state index in [1.54, 1.807) is 0 Å². The number of nitrogens with zero attached hydrogens (tertiary/aromatic N) is 1. The lowest BCUT2D eigenvalue weighted by Gasteiger charge is -2.49. The van der Waals surface area contributed by atoms with Crippen LogP contribution in [0, 0.1) is 13.8 Å². The maximum atomic E-state index is 2.60. The maximum Gasteiger partial charge on any atom is 0.182 e. The molecule has 0 unspecified atom stereocenters. The van der Waals surface area contributed by atoms with Crippen LogP contribution in [0.2, 0.25) is 0 Å². The summed E-state index contributed by atoms with van der Waals surface area (Å²) in [7, 11) is -2.65. The van der Waals surface area contributed by atoms with Crippen molar-refractivity contribution in [2.75, 3.05) is 4.90 Å². The van der Waals surface area contributed by atoms with Crippen LogP contribution in [0.25, 0.3) is 33.0 Å². The van der Waals surface area contributed by atoms with Gasteiger partial charge in [0.2, 0.25) is 0 Å². The number of fused-ring (bicyclic) bond motifs is 20. The number of benzene rings is 9. The molecule has 0 saturated carbocycles. The molecule has 0 aromatic heterocycles. The van der Waals surface area contributed by atoms with E-state index in [1.807, 2.05) is 11.8 Å². The Labute approximate surface area is 344 Å². The van der Waals surface area contributed by atoms with Crippen molar-refractivity contribution in [3.63, 3.8) is 0 Å². The van der Waals surface area contributed by atoms with Gasteiger partial charge in [0.1, 0.15) is 0 Å². The Kier molecular flexibility index (Phi) is 6.53. The summed E-state index contributed by atoms with van der Waals surface area (Å²) in [6.07, 6.45) is 0. The summed E-state index contributed by atoms with van der Waals surface area (Å²) in [6, 6.07) is 72.6. The monoisotopic (exact) mass is 771 g/mol. The molecule has 1 nitrogen and oxygen atoms in total. The highest BCUT2D eigenvalue weighted by molar-refractivity contribution is 7.99. The molecular formula is C55H37NSSi. The molecule has 0 N–H and O–H groups in total. The Morgan fingerprint density at radius 2 is 0.983 bits per heavy atom. The number of anilines is 3. The van der Waals surface area contributed by atoms with Gasteiger partial charge in [-0.25, -0.2) is 0 Å². The zero-order valence-corrected chi connectivity index (χ0v) is 34.1. The summed E-state index contributed by atoms with van der Waals surface area (Å²) >= 11 is 1.92. The van der Waals surface area contributed by atoms with E-state index < -0.39 is 13.5 Å². The number of para-hydroxylation sites is 1. The molecule has 3 heteroatoms. The molecule has 2 spiro atoms. The van der Waals surface area contributed by atoms with Crippen LogP contribution < -0.4 is 25.6 Å². The SMILES string of the molecule is Cc1ccc2c(c1)C1(c3cc(C)ccc3S2)c2ccccc2N(c2ccc3c(c2)[Si]2(c4ccccc4-c4ccccc42)c2ccccc2-3)c2ccc3ccccc3c21. The van der Waals surface area contributed by atoms with E-state index >= 15 is 0 Å². The Balaban J connectivity index is 1.16. The van der Waals surface area contributed by atoms with E-state index in [-0.39, 0.29) is 0 Å². The number of rotatable bonds is 1. The van der Waals surface area contributed by atoms with Gasteiger partial charge in [-0.05, 0) is 121 Å². The van der Waals surface area contributed by atoms with E-state index in [0.29, 0.717) is 0 Å². The van der Waals surface area contributed by atoms with Crippen LogP contribution in [0.15, 0.2) is 198 Å². The second-order valence-electron chi connectivity index (χ2n) is 16.5. The largest absolute Gasteiger partial charge is 0.310 e. The predicted molar refractivity (Wildman–Crippen MR) is 246 cm³/mol. The quantitative estimate of drug-likeness (QED) is 0.153. The van der Waals surface area contributed by atoms with Gasteiger partial charge in [0.05, 0.1) is 16.8 Å². The molecule has 0 saturated heterocycles. The first-order valence-corrected chi connectivity index (χ1v) is 23.2. The third-order valence-electron chi connectivity index (χ3n) is 13.6. The minimum Gasteiger partial charge on any atom is -0.310 e. The highest BCUT2D eigenvalue weighted by atomic mass is 32.2. The van der Waals surface area contributed by atoms with Crippen molar-refractivity contribution in [3.8, 4) is 22.3 Å². The van der Waals surface area contributed by atoms with Gasteiger partial charge in [0, 0.05) is 21.0 Å². The van der Waals surface area contributed by atoms with Crippen LogP contribution in [0.5, 0.6) is 0 Å². The fraction of sp³-hybridized carbons (Fsp3) is 0.0545. The molecule has 0 bridgehead atoms. The zero-order valence-electron chi connectivity index (χ0n) is 32.3. The normalized spacial score (nSPS) is 15.2. The molecule has 0 atom stereocenters. The van der Waals surface area contributed by atoms with Crippen LogP contribution in [0.3, 0.4) is 0 Å². The van der Waals surface area contributed by atoms with Gasteiger partial charge in [-0.3, -0.25) is 0 Å². The summed E-state index contributed by atoms with van der Waals surface area (Å²) in [5.74, 6) is 0. The summed E-state index contributed by atoms with van der Waals surface area (Å²) in [5.41, 5.74) is 16.6. The van der Waals surface area contributed by atoms with Crippen molar-refractivity contribution in [1.29, 1.82) is 0 Å². The predicted octanol–water partition coefficient (Wildman–Crippen LogP) is 11.4. The summed E-state index contributed by atoms with van der Waals surface area (Å²) in [5, 5.41) is 8.55. The molecule has 4 heterocycles. The van der Waals surface area contributed by atoms with Crippen molar-refractivity contribution in [2.24, 2.45) is 0 Å². The van der Waals surface area contributed by atoms with Crippen LogP contribution >= 0.6 is 11.8 Å². The molecule has 0 radical (unpaired) electrons. The molecule has 58 heavy (non-hydrogen) atoms. The van der Waals surface area contributed by atoms with E-state index in [1.165, 1.54) is 114 Å². The lowest BCUT2D eigenvalue weighted by molar-refractivity contribution is 0.696. The number of hydrogen-bond donors (Lipinski definition) is 0. The van der Waals surface area contributed by atoms with Crippen LogP contribution in [-0.4, -0.2) is 8.07 Å². The Morgan fingerprint density at radius 3 is 1.64 bits per heavy atom. The zero-order chi connectivity index (χ0) is 38.3. The molecule has 0 aliphatic carbocycles. The first-order valence-electron chi connectivity index (χ1n) is 20.3. The third-order valence-corrected chi connectivity index (χ3v) is 19.7. The molecular weight excluding hydrogens is 735 g/mol. The average molecular weight is 772 g/mol. The Hall–Kier alpha value is -6.39. The van der Waals surface area contributed by atoms with Gasteiger partial charge in [0.25, 0.3) is 0 Å². The van der Waals surface area contributed by atoms with Gasteiger partial charge in [-0.1, -0.05) is 175 Å². The Bertz CT molecular complexity index is 3150. The number of hydrogen-bond acceptors (Lipinski definition) is 2. The number of aryl methyl sites for hydroxylation is 2. The van der Waals surface area contributed by atoms with Gasteiger partial charge in [-0.2, -0.15) is 0 Å². The standard InChI is InChI=1S/C55H37NSSi/c1-34-23-29-48-44(31-34)55(45-32-35(2)24-30-49(45)57-48)43-18-8-9-19-46(43)56(47-28-25-36-13-3-4-14-38(36)54(47)55)37-26-27-42-41-17-7-12-22-52(41)58(53(42)33-37)50-20-10-5-15-39(50)40-16-6-11-21-51(40)58/h3-33H,1-2H3. The van der Waals surface area contributed by atoms with Gasteiger partial charge in [0.15, 0.2) is 8.07 Å². The van der Waals surface area contributed by atoms with Crippen molar-refractivity contribution in [2.45, 2.75) is 29.1 Å². The molecule has 4 aliphatic rings. The van der Waals surface area contributed by atoms with Gasteiger partial charge < -0.3 is 4.90 Å². The summed E-state index contributed by atoms with van der Waals surface area (Å²) < 4.78 is 0. The van der Waals surface area contributed by atoms with E-state index in [2.05, 4.69) is 207 Å². The van der Waals surface area contributed by atoms with E-state index in [9.17, 15) is 0 Å². The first kappa shape index (κ1) is 32.7. The average Bonchev–Trinajstić information content (AvgIpc) is 3.74. The van der Waals surface area contributed by atoms with Crippen LogP contribution in [-0.2, 0) is 5.41 Å². The second kappa shape index (κ2) is 11.6. The lowest BCUT2D eigenvalue weighted by Crippen LogP contribution is -2.70. The second-order valence-corrected chi connectivity index (χ2v) is 21.2. The van der Waals surface area contributed by atoms with Crippen molar-refractivity contribution in [1.82, 2.24) is 0 Å². The smallest absolute Gasteiger partial charge is 0.182 e. The fourth-order valence-electron chi connectivity index (χ4n) is 11.5. The van der Waals surface area contributed by atoms with Crippen molar-refractivity contribution < 1.29 is 0 Å². The minimum atomic E-state index is -2.65. The molecule has 9 aromatic carbocycles. The molecule has 13 rings (SSSR count). The van der Waals surface area contributed by atoms with E-state index in [4.69, 9.17) is 0 Å². The van der Waals surface area contributed by atoms with Crippen molar-refractivity contribution in [3.05, 3.63) is 221 Å². The molecule has 0 amide bonds. The summed E-state index contributed by atoms with van der Waals surface area (Å²) in [6.45, 7) is 4.49. The molecule has 4 aliphatic heterocycles. The minimum absolute atomic E-state index is 0.538. The van der Waals surface area contributed by atoms with Crippen LogP contribution in [0.4, 0.5) is 17.1 Å². The van der Waals surface area contributed by atoms with Crippen LogP contribution in [0.1, 0.15) is 33.4 Å². The molecule has 0 fully saturated rings. The lowest BCUT2D eigenvalue weighted by atomic mass is 9.61. The maximum absolute atomic E-state index is 2.65. The van der Waals surface area contributed by atoms with Gasteiger partial charge in [-0.15, -0.1) is 0 Å². The fourth-order valence-corrected chi connectivity index (χ4v) is 18.3. The van der Waals surface area contributed by atoms with E-state index in [0.717, 1.165) is 0 Å². The highest BCUT2D eigenvalue weighted by Crippen LogP contribution is 2.64.